The Bertz CT molecular complexity index is 982. The van der Waals surface area contributed by atoms with Gasteiger partial charge in [0.1, 0.15) is 5.75 Å². The van der Waals surface area contributed by atoms with E-state index in [0.29, 0.717) is 16.3 Å². The summed E-state index contributed by atoms with van der Waals surface area (Å²) >= 11 is 7.77. The molecule has 150 valence electrons. The molecule has 5 nitrogen and oxygen atoms in total. The van der Waals surface area contributed by atoms with Gasteiger partial charge in [-0.15, -0.1) is 11.3 Å². The van der Waals surface area contributed by atoms with Crippen molar-refractivity contribution in [2.75, 3.05) is 7.11 Å². The van der Waals surface area contributed by atoms with Gasteiger partial charge in [-0.05, 0) is 29.0 Å². The van der Waals surface area contributed by atoms with Crippen LogP contribution in [0.15, 0.2) is 34.4 Å². The van der Waals surface area contributed by atoms with E-state index in [1.54, 1.807) is 36.6 Å². The number of aliphatic imine (C=N–C) groups is 1. The van der Waals surface area contributed by atoms with Gasteiger partial charge in [0, 0.05) is 22.6 Å². The van der Waals surface area contributed by atoms with Crippen LogP contribution in [-0.2, 0) is 12.0 Å². The first-order valence-corrected chi connectivity index (χ1v) is 10.2. The molecule has 7 heteroatoms. The summed E-state index contributed by atoms with van der Waals surface area (Å²) in [6.45, 7) is 13.9. The SMILES string of the molecule is COc1ccc(Cl)cc1C(=NC#N)N=c1sc(C(C)(C)C)cn1CC(C)(C)C. The van der Waals surface area contributed by atoms with Crippen LogP contribution in [0.3, 0.4) is 0 Å². The minimum absolute atomic E-state index is 0.00164. The van der Waals surface area contributed by atoms with E-state index < -0.39 is 0 Å². The molecule has 0 aliphatic heterocycles. The summed E-state index contributed by atoms with van der Waals surface area (Å²) in [5.41, 5.74) is 0.661. The van der Waals surface area contributed by atoms with Gasteiger partial charge in [-0.1, -0.05) is 53.1 Å². The number of aromatic nitrogens is 1. The van der Waals surface area contributed by atoms with Crippen LogP contribution in [0.25, 0.3) is 0 Å². The number of hydrogen-bond donors (Lipinski definition) is 0. The lowest BCUT2D eigenvalue weighted by atomic mass is 9.95. The Labute approximate surface area is 176 Å². The summed E-state index contributed by atoms with van der Waals surface area (Å²) in [5.74, 6) is 0.851. The summed E-state index contributed by atoms with van der Waals surface area (Å²) < 4.78 is 7.56. The van der Waals surface area contributed by atoms with Crippen molar-refractivity contribution in [1.29, 1.82) is 5.26 Å². The molecule has 0 atom stereocenters. The molecule has 1 heterocycles. The molecule has 0 fully saturated rings. The highest BCUT2D eigenvalue weighted by atomic mass is 35.5. The van der Waals surface area contributed by atoms with Crippen molar-refractivity contribution in [3.05, 3.63) is 44.7 Å². The Kier molecular flexibility index (Phi) is 6.74. The molecule has 1 aromatic carbocycles. The zero-order valence-electron chi connectivity index (χ0n) is 17.5. The molecule has 1 aromatic heterocycles. The van der Waals surface area contributed by atoms with Crippen molar-refractivity contribution in [1.82, 2.24) is 4.57 Å². The topological polar surface area (TPSA) is 62.7 Å². The monoisotopic (exact) mass is 418 g/mol. The third-order valence-electron chi connectivity index (χ3n) is 3.86. The van der Waals surface area contributed by atoms with Crippen molar-refractivity contribution >= 4 is 28.8 Å². The molecular formula is C21H27ClN4OS. The minimum Gasteiger partial charge on any atom is -0.496 e. The van der Waals surface area contributed by atoms with Crippen LogP contribution in [0.5, 0.6) is 5.75 Å². The van der Waals surface area contributed by atoms with E-state index in [0.717, 1.165) is 11.3 Å². The Morgan fingerprint density at radius 1 is 1.25 bits per heavy atom. The summed E-state index contributed by atoms with van der Waals surface area (Å²) in [6.07, 6.45) is 4.00. The number of hydrogen-bond acceptors (Lipinski definition) is 4. The second-order valence-corrected chi connectivity index (χ2v) is 10.3. The maximum Gasteiger partial charge on any atom is 0.207 e. The molecule has 0 spiro atoms. The first-order chi connectivity index (χ1) is 12.9. The van der Waals surface area contributed by atoms with Crippen molar-refractivity contribution in [3.8, 4) is 11.9 Å². The summed E-state index contributed by atoms with van der Waals surface area (Å²) in [6, 6.07) is 5.20. The van der Waals surface area contributed by atoms with Crippen LogP contribution >= 0.6 is 22.9 Å². The van der Waals surface area contributed by atoms with Crippen LogP contribution in [-0.4, -0.2) is 17.5 Å². The number of amidine groups is 1. The summed E-state index contributed by atoms with van der Waals surface area (Å²) in [5, 5.41) is 9.75. The molecule has 2 aromatic rings. The molecule has 0 radical (unpaired) electrons. The average Bonchev–Trinajstić information content (AvgIpc) is 2.95. The van der Waals surface area contributed by atoms with E-state index >= 15 is 0 Å². The van der Waals surface area contributed by atoms with Gasteiger partial charge in [-0.25, -0.2) is 0 Å². The number of ether oxygens (including phenoxy) is 1. The standard InChI is InChI=1S/C21H27ClN4OS/c1-20(2,3)12-26-11-17(21(4,5)6)28-19(26)25-18(24-13-23)15-10-14(22)8-9-16(15)27-7/h8-11H,12H2,1-7H3. The minimum atomic E-state index is -0.00164. The number of halogens is 1. The molecule has 28 heavy (non-hydrogen) atoms. The summed E-state index contributed by atoms with van der Waals surface area (Å²) in [4.78, 5) is 10.7. The van der Waals surface area contributed by atoms with E-state index in [2.05, 4.69) is 57.3 Å². The van der Waals surface area contributed by atoms with E-state index in [1.807, 2.05) is 6.19 Å². The van der Waals surface area contributed by atoms with Crippen LogP contribution in [0.1, 0.15) is 52.0 Å². The Hall–Kier alpha value is -2.10. The fraction of sp³-hybridized carbons (Fsp3) is 0.476. The number of nitrogens with zero attached hydrogens (tertiary/aromatic N) is 4. The molecule has 0 bridgehead atoms. The number of thiazole rings is 1. The Morgan fingerprint density at radius 3 is 2.46 bits per heavy atom. The number of nitriles is 1. The van der Waals surface area contributed by atoms with Gasteiger partial charge in [0.25, 0.3) is 0 Å². The number of benzene rings is 1. The summed E-state index contributed by atoms with van der Waals surface area (Å²) in [7, 11) is 1.57. The Morgan fingerprint density at radius 2 is 1.93 bits per heavy atom. The molecule has 0 N–H and O–H groups in total. The van der Waals surface area contributed by atoms with Crippen molar-refractivity contribution in [2.45, 2.75) is 53.5 Å². The van der Waals surface area contributed by atoms with Crippen LogP contribution in [0.4, 0.5) is 0 Å². The van der Waals surface area contributed by atoms with Crippen molar-refractivity contribution in [3.63, 3.8) is 0 Å². The van der Waals surface area contributed by atoms with E-state index in [9.17, 15) is 5.26 Å². The Balaban J connectivity index is 2.72. The molecule has 0 amide bonds. The number of rotatable bonds is 3. The third-order valence-corrected chi connectivity index (χ3v) is 5.54. The lowest BCUT2D eigenvalue weighted by Crippen LogP contribution is -2.24. The average molecular weight is 419 g/mol. The zero-order chi connectivity index (χ0) is 21.1. The molecule has 2 rings (SSSR count). The first-order valence-electron chi connectivity index (χ1n) is 9.01. The van der Waals surface area contributed by atoms with Crippen LogP contribution in [0, 0.1) is 16.9 Å². The predicted molar refractivity (Wildman–Crippen MR) is 116 cm³/mol. The van der Waals surface area contributed by atoms with Crippen LogP contribution in [0.2, 0.25) is 5.02 Å². The maximum atomic E-state index is 9.22. The molecule has 0 saturated carbocycles. The van der Waals surface area contributed by atoms with Gasteiger partial charge in [-0.3, -0.25) is 0 Å². The smallest absolute Gasteiger partial charge is 0.207 e. The molecule has 0 aliphatic rings. The van der Waals surface area contributed by atoms with E-state index in [-0.39, 0.29) is 16.7 Å². The highest BCUT2D eigenvalue weighted by Gasteiger charge is 2.21. The maximum absolute atomic E-state index is 9.22. The largest absolute Gasteiger partial charge is 0.496 e. The van der Waals surface area contributed by atoms with Gasteiger partial charge < -0.3 is 9.30 Å². The fourth-order valence-corrected chi connectivity index (χ4v) is 3.80. The van der Waals surface area contributed by atoms with Crippen molar-refractivity contribution < 1.29 is 4.74 Å². The van der Waals surface area contributed by atoms with Gasteiger partial charge in [0.2, 0.25) is 6.19 Å². The van der Waals surface area contributed by atoms with Gasteiger partial charge in [0.15, 0.2) is 10.6 Å². The molecule has 0 unspecified atom stereocenters. The first kappa shape index (κ1) is 22.2. The highest BCUT2D eigenvalue weighted by Crippen LogP contribution is 2.27. The second-order valence-electron chi connectivity index (χ2n) is 8.81. The highest BCUT2D eigenvalue weighted by molar-refractivity contribution is 7.09. The second kappa shape index (κ2) is 8.50. The molecule has 0 aliphatic carbocycles. The van der Waals surface area contributed by atoms with E-state index in [1.165, 1.54) is 4.88 Å². The lowest BCUT2D eigenvalue weighted by Gasteiger charge is -2.19. The van der Waals surface area contributed by atoms with E-state index in [4.69, 9.17) is 21.3 Å². The van der Waals surface area contributed by atoms with Gasteiger partial charge in [0.05, 0.1) is 12.7 Å². The van der Waals surface area contributed by atoms with Gasteiger partial charge in [-0.2, -0.15) is 15.2 Å². The predicted octanol–water partition coefficient (Wildman–Crippen LogP) is 5.38. The zero-order valence-corrected chi connectivity index (χ0v) is 19.1. The molecular weight excluding hydrogens is 392 g/mol. The number of methoxy groups -OCH3 is 1. The quantitative estimate of drug-likeness (QED) is 0.381. The fourth-order valence-electron chi connectivity index (χ4n) is 2.58. The normalized spacial score (nSPS) is 13.5. The van der Waals surface area contributed by atoms with Crippen molar-refractivity contribution in [2.24, 2.45) is 15.4 Å². The van der Waals surface area contributed by atoms with Crippen LogP contribution < -0.4 is 9.54 Å². The molecule has 0 saturated heterocycles. The van der Waals surface area contributed by atoms with Gasteiger partial charge >= 0.3 is 0 Å². The lowest BCUT2D eigenvalue weighted by molar-refractivity contribution is 0.339. The third kappa shape index (κ3) is 5.70.